The van der Waals surface area contributed by atoms with Gasteiger partial charge in [0, 0.05) is 34.5 Å². The Morgan fingerprint density at radius 2 is 0.886 bits per heavy atom. The number of anilines is 3. The zero-order valence-electron chi connectivity index (χ0n) is 24.0. The summed E-state index contributed by atoms with van der Waals surface area (Å²) in [4.78, 5) is 6.77. The third-order valence-corrected chi connectivity index (χ3v) is 9.38. The molecule has 0 N–H and O–H groups in total. The number of nitrogens with zero attached hydrogens (tertiary/aromatic N) is 2. The lowest BCUT2D eigenvalue weighted by Gasteiger charge is -2.26. The number of hydrogen-bond donors (Lipinski definition) is 0. The van der Waals surface area contributed by atoms with E-state index in [0.717, 1.165) is 17.1 Å². The zero-order valence-corrected chi connectivity index (χ0v) is 24.8. The molecule has 44 heavy (non-hydrogen) atoms. The number of fused-ring (bicyclic) bond motifs is 3. The lowest BCUT2D eigenvalue weighted by Crippen LogP contribution is -2.10. The lowest BCUT2D eigenvalue weighted by molar-refractivity contribution is 1.30. The molecule has 0 aliphatic heterocycles. The van der Waals surface area contributed by atoms with Crippen molar-refractivity contribution >= 4 is 48.6 Å². The van der Waals surface area contributed by atoms with Gasteiger partial charge in [0.1, 0.15) is 0 Å². The van der Waals surface area contributed by atoms with Crippen molar-refractivity contribution < 1.29 is 0 Å². The Labute approximate surface area is 261 Å². The second kappa shape index (κ2) is 11.3. The molecule has 0 aliphatic rings. The second-order valence-corrected chi connectivity index (χ2v) is 11.9. The third kappa shape index (κ3) is 4.84. The fourth-order valence-corrected chi connectivity index (χ4v) is 7.14. The highest BCUT2D eigenvalue weighted by molar-refractivity contribution is 7.26. The minimum atomic E-state index is 1.12. The van der Waals surface area contributed by atoms with Crippen LogP contribution in [0.25, 0.3) is 53.6 Å². The van der Waals surface area contributed by atoms with Gasteiger partial charge >= 0.3 is 0 Å². The molecule has 0 saturated heterocycles. The number of aromatic nitrogens is 1. The third-order valence-electron chi connectivity index (χ3n) is 8.21. The summed E-state index contributed by atoms with van der Waals surface area (Å²) >= 11 is 1.80. The van der Waals surface area contributed by atoms with Gasteiger partial charge in [0.15, 0.2) is 0 Å². The SMILES string of the molecule is c1ccc(-c2ccc(-c3ccc(N(c4ccc(-c5ccccc5)cc4)c4cccc5c4sc4cnccc45)cc3)cc2)cc1. The highest BCUT2D eigenvalue weighted by Gasteiger charge is 2.18. The summed E-state index contributed by atoms with van der Waals surface area (Å²) in [6.07, 6.45) is 3.85. The highest BCUT2D eigenvalue weighted by Crippen LogP contribution is 2.45. The van der Waals surface area contributed by atoms with Crippen LogP contribution in [0.3, 0.4) is 0 Å². The molecule has 0 aliphatic carbocycles. The van der Waals surface area contributed by atoms with Crippen LogP contribution in [0, 0.1) is 0 Å². The molecule has 6 aromatic carbocycles. The second-order valence-electron chi connectivity index (χ2n) is 10.9. The number of hydrogen-bond acceptors (Lipinski definition) is 3. The van der Waals surface area contributed by atoms with Crippen molar-refractivity contribution in [1.82, 2.24) is 4.98 Å². The topological polar surface area (TPSA) is 16.1 Å². The number of benzene rings is 6. The normalized spacial score (nSPS) is 11.2. The number of pyridine rings is 1. The van der Waals surface area contributed by atoms with Crippen LogP contribution >= 0.6 is 11.3 Å². The monoisotopic (exact) mass is 580 g/mol. The molecule has 3 heteroatoms. The van der Waals surface area contributed by atoms with Crippen molar-refractivity contribution in [1.29, 1.82) is 0 Å². The average molecular weight is 581 g/mol. The summed E-state index contributed by atoms with van der Waals surface area (Å²) in [5, 5.41) is 2.50. The molecule has 208 valence electrons. The maximum atomic E-state index is 4.40. The maximum Gasteiger partial charge on any atom is 0.0640 e. The van der Waals surface area contributed by atoms with Gasteiger partial charge in [0.25, 0.3) is 0 Å². The molecule has 2 heterocycles. The molecular formula is C41H28N2S. The van der Waals surface area contributed by atoms with Gasteiger partial charge in [-0.15, -0.1) is 11.3 Å². The van der Waals surface area contributed by atoms with Crippen molar-refractivity contribution in [2.24, 2.45) is 0 Å². The first-order chi connectivity index (χ1) is 21.8. The molecule has 2 nitrogen and oxygen atoms in total. The molecule has 0 spiro atoms. The Balaban J connectivity index is 1.21. The molecule has 0 radical (unpaired) electrons. The van der Waals surface area contributed by atoms with Crippen LogP contribution in [0.5, 0.6) is 0 Å². The van der Waals surface area contributed by atoms with Crippen LogP contribution in [0.2, 0.25) is 0 Å². The summed E-state index contributed by atoms with van der Waals surface area (Å²) < 4.78 is 2.45. The summed E-state index contributed by atoms with van der Waals surface area (Å²) in [5.41, 5.74) is 10.7. The Kier molecular flexibility index (Phi) is 6.71. The first kappa shape index (κ1) is 26.1. The maximum absolute atomic E-state index is 4.40. The Hall–Kier alpha value is -5.51. The van der Waals surface area contributed by atoms with E-state index in [1.165, 1.54) is 53.6 Å². The lowest BCUT2D eigenvalue weighted by atomic mass is 10.00. The molecule has 0 amide bonds. The van der Waals surface area contributed by atoms with Crippen LogP contribution in [0.15, 0.2) is 170 Å². The quantitative estimate of drug-likeness (QED) is 0.194. The summed E-state index contributed by atoms with van der Waals surface area (Å²) in [6.45, 7) is 0. The van der Waals surface area contributed by atoms with Crippen molar-refractivity contribution in [3.05, 3.63) is 170 Å². The summed E-state index contributed by atoms with van der Waals surface area (Å²) in [6, 6.07) is 56.5. The van der Waals surface area contributed by atoms with Gasteiger partial charge in [-0.1, -0.05) is 121 Å². The molecule has 2 aromatic heterocycles. The Morgan fingerprint density at radius 3 is 1.41 bits per heavy atom. The molecule has 0 unspecified atom stereocenters. The minimum Gasteiger partial charge on any atom is -0.309 e. The van der Waals surface area contributed by atoms with Crippen molar-refractivity contribution in [3.8, 4) is 33.4 Å². The van der Waals surface area contributed by atoms with E-state index in [4.69, 9.17) is 0 Å². The van der Waals surface area contributed by atoms with Crippen molar-refractivity contribution in [2.45, 2.75) is 0 Å². The fraction of sp³-hybridized carbons (Fsp3) is 0. The molecule has 0 fully saturated rings. The largest absolute Gasteiger partial charge is 0.309 e. The van der Waals surface area contributed by atoms with E-state index in [2.05, 4.69) is 168 Å². The van der Waals surface area contributed by atoms with Gasteiger partial charge in [-0.05, 0) is 69.8 Å². The molecule has 8 rings (SSSR count). The van der Waals surface area contributed by atoms with Crippen LogP contribution in [-0.4, -0.2) is 4.98 Å². The van der Waals surface area contributed by atoms with Gasteiger partial charge in [-0.2, -0.15) is 0 Å². The standard InChI is InChI=1S/C41H28N2S/c1-3-8-29(9-4-1)31-14-16-32(17-15-31)34-20-24-36(25-21-34)43(35-22-18-33(19-23-35)30-10-5-2-6-11-30)39-13-7-12-38-37-26-27-42-28-40(37)44-41(38)39/h1-28H. The number of rotatable bonds is 6. The van der Waals surface area contributed by atoms with Crippen molar-refractivity contribution in [2.75, 3.05) is 4.90 Å². The van der Waals surface area contributed by atoms with E-state index in [0.29, 0.717) is 0 Å². The smallest absolute Gasteiger partial charge is 0.0640 e. The number of thiophene rings is 1. The van der Waals surface area contributed by atoms with Crippen molar-refractivity contribution in [3.63, 3.8) is 0 Å². The van der Waals surface area contributed by atoms with Crippen LogP contribution < -0.4 is 4.90 Å². The fourth-order valence-electron chi connectivity index (χ4n) is 5.96. The van der Waals surface area contributed by atoms with E-state index in [-0.39, 0.29) is 0 Å². The molecule has 0 bridgehead atoms. The van der Waals surface area contributed by atoms with E-state index in [1.807, 2.05) is 12.4 Å². The van der Waals surface area contributed by atoms with Crippen LogP contribution in [0.1, 0.15) is 0 Å². The van der Waals surface area contributed by atoms with Gasteiger partial charge < -0.3 is 4.90 Å². The Bertz CT molecular complexity index is 2180. The predicted octanol–water partition coefficient (Wildman–Crippen LogP) is 11.9. The zero-order chi connectivity index (χ0) is 29.3. The Morgan fingerprint density at radius 1 is 0.409 bits per heavy atom. The van der Waals surface area contributed by atoms with Gasteiger partial charge in [0.05, 0.1) is 15.1 Å². The summed E-state index contributed by atoms with van der Waals surface area (Å²) in [5.74, 6) is 0. The van der Waals surface area contributed by atoms with E-state index < -0.39 is 0 Å². The van der Waals surface area contributed by atoms with E-state index >= 15 is 0 Å². The summed E-state index contributed by atoms with van der Waals surface area (Å²) in [7, 11) is 0. The van der Waals surface area contributed by atoms with Gasteiger partial charge in [0.2, 0.25) is 0 Å². The molecule has 0 atom stereocenters. The predicted molar refractivity (Wildman–Crippen MR) is 188 cm³/mol. The first-order valence-corrected chi connectivity index (χ1v) is 15.6. The average Bonchev–Trinajstić information content (AvgIpc) is 3.50. The molecular weight excluding hydrogens is 553 g/mol. The van der Waals surface area contributed by atoms with Crippen LogP contribution in [-0.2, 0) is 0 Å². The first-order valence-electron chi connectivity index (χ1n) is 14.8. The minimum absolute atomic E-state index is 1.12. The van der Waals surface area contributed by atoms with Crippen LogP contribution in [0.4, 0.5) is 17.1 Å². The van der Waals surface area contributed by atoms with E-state index in [9.17, 15) is 0 Å². The highest BCUT2D eigenvalue weighted by atomic mass is 32.1. The van der Waals surface area contributed by atoms with E-state index in [1.54, 1.807) is 11.3 Å². The molecule has 0 saturated carbocycles. The van der Waals surface area contributed by atoms with Gasteiger partial charge in [-0.3, -0.25) is 4.98 Å². The van der Waals surface area contributed by atoms with Gasteiger partial charge in [-0.25, -0.2) is 0 Å². The molecule has 8 aromatic rings.